The summed E-state index contributed by atoms with van der Waals surface area (Å²) in [5, 5.41) is 18.0. The molecule has 98 valence electrons. The van der Waals surface area contributed by atoms with Gasteiger partial charge in [-0.05, 0) is 36.6 Å². The summed E-state index contributed by atoms with van der Waals surface area (Å²) in [5.41, 5.74) is 1.98. The fraction of sp³-hybridized carbons (Fsp3) is 0.429. The van der Waals surface area contributed by atoms with Gasteiger partial charge in [0.1, 0.15) is 0 Å². The summed E-state index contributed by atoms with van der Waals surface area (Å²) < 4.78 is 0. The minimum absolute atomic E-state index is 0.0332. The van der Waals surface area contributed by atoms with Crippen molar-refractivity contribution in [3.05, 3.63) is 34.4 Å². The maximum Gasteiger partial charge on any atom is 0.335 e. The quantitative estimate of drug-likeness (QED) is 0.861. The van der Waals surface area contributed by atoms with Crippen molar-refractivity contribution < 1.29 is 19.8 Å². The molecular formula is C14H18O4. The van der Waals surface area contributed by atoms with E-state index in [1.54, 1.807) is 26.8 Å². The van der Waals surface area contributed by atoms with Crippen LogP contribution in [0.5, 0.6) is 0 Å². The van der Waals surface area contributed by atoms with Crippen LogP contribution in [0.15, 0.2) is 12.1 Å². The van der Waals surface area contributed by atoms with Crippen LogP contribution < -0.4 is 0 Å². The molecule has 0 fully saturated rings. The Bertz CT molecular complexity index is 501. The minimum Gasteiger partial charge on any atom is -0.481 e. The van der Waals surface area contributed by atoms with Crippen molar-refractivity contribution >= 4 is 11.9 Å². The van der Waals surface area contributed by atoms with E-state index in [2.05, 4.69) is 0 Å². The van der Waals surface area contributed by atoms with E-state index in [4.69, 9.17) is 10.2 Å². The molecule has 4 nitrogen and oxygen atoms in total. The maximum absolute atomic E-state index is 11.2. The molecule has 0 heterocycles. The van der Waals surface area contributed by atoms with Gasteiger partial charge in [0.15, 0.2) is 0 Å². The Balaban J connectivity index is 3.34. The van der Waals surface area contributed by atoms with Gasteiger partial charge in [0, 0.05) is 5.41 Å². The molecule has 0 saturated carbocycles. The molecular weight excluding hydrogens is 232 g/mol. The number of aryl methyl sites for hydroxylation is 1. The average Bonchev–Trinajstić information content (AvgIpc) is 2.19. The lowest BCUT2D eigenvalue weighted by Gasteiger charge is -2.24. The highest BCUT2D eigenvalue weighted by molar-refractivity contribution is 5.90. The van der Waals surface area contributed by atoms with Crippen molar-refractivity contribution in [1.82, 2.24) is 0 Å². The second kappa shape index (κ2) is 4.80. The van der Waals surface area contributed by atoms with Crippen molar-refractivity contribution in [1.29, 1.82) is 0 Å². The van der Waals surface area contributed by atoms with E-state index >= 15 is 0 Å². The summed E-state index contributed by atoms with van der Waals surface area (Å²) in [5.74, 6) is -1.88. The predicted octanol–water partition coefficient (Wildman–Crippen LogP) is 2.75. The van der Waals surface area contributed by atoms with Crippen molar-refractivity contribution in [2.24, 2.45) is 0 Å². The summed E-state index contributed by atoms with van der Waals surface area (Å²) in [7, 11) is 0. The summed E-state index contributed by atoms with van der Waals surface area (Å²) in [6.45, 7) is 7.20. The van der Waals surface area contributed by atoms with Gasteiger partial charge in [-0.2, -0.15) is 0 Å². The van der Waals surface area contributed by atoms with Crippen LogP contribution in [0.1, 0.15) is 47.3 Å². The van der Waals surface area contributed by atoms with E-state index < -0.39 is 17.4 Å². The third-order valence-electron chi connectivity index (χ3n) is 3.27. The summed E-state index contributed by atoms with van der Waals surface area (Å²) >= 11 is 0. The van der Waals surface area contributed by atoms with E-state index in [9.17, 15) is 9.59 Å². The molecule has 0 bridgehead atoms. The topological polar surface area (TPSA) is 74.6 Å². The zero-order chi connectivity index (χ0) is 14.1. The molecule has 0 saturated heterocycles. The molecule has 2 N–H and O–H groups in total. The van der Waals surface area contributed by atoms with Gasteiger partial charge >= 0.3 is 11.9 Å². The minimum atomic E-state index is -0.983. The number of aromatic carboxylic acids is 1. The van der Waals surface area contributed by atoms with Gasteiger partial charge in [-0.15, -0.1) is 0 Å². The van der Waals surface area contributed by atoms with Gasteiger partial charge < -0.3 is 10.2 Å². The van der Waals surface area contributed by atoms with Gasteiger partial charge in [0.05, 0.1) is 12.0 Å². The molecule has 1 aromatic rings. The van der Waals surface area contributed by atoms with Crippen molar-refractivity contribution in [3.8, 4) is 0 Å². The molecule has 0 amide bonds. The average molecular weight is 250 g/mol. The number of rotatable bonds is 4. The Labute approximate surface area is 106 Å². The van der Waals surface area contributed by atoms with Crippen LogP contribution in [0.25, 0.3) is 0 Å². The second-order valence-corrected chi connectivity index (χ2v) is 5.23. The number of carbonyl (C=O) groups is 2. The third-order valence-corrected chi connectivity index (χ3v) is 3.27. The van der Waals surface area contributed by atoms with Crippen molar-refractivity contribution in [2.75, 3.05) is 0 Å². The molecule has 0 aliphatic rings. The Morgan fingerprint density at radius 1 is 1.17 bits per heavy atom. The summed E-state index contributed by atoms with van der Waals surface area (Å²) in [6.07, 6.45) is -0.0332. The van der Waals surface area contributed by atoms with Gasteiger partial charge in [-0.1, -0.05) is 19.9 Å². The maximum atomic E-state index is 11.2. The molecule has 0 unspecified atom stereocenters. The highest BCUT2D eigenvalue weighted by Crippen LogP contribution is 2.30. The summed E-state index contributed by atoms with van der Waals surface area (Å²) in [4.78, 5) is 22.0. The van der Waals surface area contributed by atoms with Crippen molar-refractivity contribution in [3.63, 3.8) is 0 Å². The predicted molar refractivity (Wildman–Crippen MR) is 68.2 cm³/mol. The zero-order valence-electron chi connectivity index (χ0n) is 11.1. The van der Waals surface area contributed by atoms with Gasteiger partial charge in [-0.3, -0.25) is 4.79 Å². The number of aliphatic carboxylic acids is 1. The molecule has 4 heteroatoms. The van der Waals surface area contributed by atoms with E-state index in [1.165, 1.54) is 0 Å². The van der Waals surface area contributed by atoms with Crippen LogP contribution in [0.4, 0.5) is 0 Å². The molecule has 0 atom stereocenters. The van der Waals surface area contributed by atoms with E-state index in [-0.39, 0.29) is 12.0 Å². The third kappa shape index (κ3) is 2.88. The SMILES string of the molecule is Cc1cc(C(C)(C)CC(=O)O)cc(C(=O)O)c1C. The fourth-order valence-corrected chi connectivity index (χ4v) is 1.95. The van der Waals surface area contributed by atoms with Gasteiger partial charge in [0.2, 0.25) is 0 Å². The number of hydrogen-bond donors (Lipinski definition) is 2. The number of carboxylic acid groups (broad SMARTS) is 2. The lowest BCUT2D eigenvalue weighted by Crippen LogP contribution is -2.22. The van der Waals surface area contributed by atoms with Crippen LogP contribution >= 0.6 is 0 Å². The number of benzene rings is 1. The fourth-order valence-electron chi connectivity index (χ4n) is 1.95. The standard InChI is InChI=1S/C14H18O4/c1-8-5-10(14(3,4)7-12(15)16)6-11(9(8)2)13(17)18/h5-6H,7H2,1-4H3,(H,15,16)(H,17,18). The first-order chi connectivity index (χ1) is 8.15. The van der Waals surface area contributed by atoms with Crippen LogP contribution in [0.2, 0.25) is 0 Å². The van der Waals surface area contributed by atoms with E-state index in [0.29, 0.717) is 0 Å². The largest absolute Gasteiger partial charge is 0.481 e. The van der Waals surface area contributed by atoms with E-state index in [1.807, 2.05) is 13.0 Å². The Kier molecular flexibility index (Phi) is 3.79. The van der Waals surface area contributed by atoms with Gasteiger partial charge in [0.25, 0.3) is 0 Å². The number of hydrogen-bond acceptors (Lipinski definition) is 2. The smallest absolute Gasteiger partial charge is 0.335 e. The normalized spacial score (nSPS) is 11.3. The molecule has 1 rings (SSSR count). The van der Waals surface area contributed by atoms with Gasteiger partial charge in [-0.25, -0.2) is 4.79 Å². The molecule has 18 heavy (non-hydrogen) atoms. The molecule has 0 spiro atoms. The first-order valence-electron chi connectivity index (χ1n) is 5.72. The summed E-state index contributed by atoms with van der Waals surface area (Å²) in [6, 6.07) is 3.44. The highest BCUT2D eigenvalue weighted by Gasteiger charge is 2.26. The van der Waals surface area contributed by atoms with Crippen LogP contribution in [-0.2, 0) is 10.2 Å². The second-order valence-electron chi connectivity index (χ2n) is 5.23. The Hall–Kier alpha value is -1.84. The first-order valence-corrected chi connectivity index (χ1v) is 5.72. The van der Waals surface area contributed by atoms with Crippen LogP contribution in [0, 0.1) is 13.8 Å². The monoisotopic (exact) mass is 250 g/mol. The molecule has 0 aliphatic heterocycles. The zero-order valence-corrected chi connectivity index (χ0v) is 11.1. The number of carboxylic acids is 2. The van der Waals surface area contributed by atoms with Crippen LogP contribution in [0.3, 0.4) is 0 Å². The molecule has 1 aromatic carbocycles. The molecule has 0 radical (unpaired) electrons. The van der Waals surface area contributed by atoms with E-state index in [0.717, 1.165) is 16.7 Å². The molecule has 0 aromatic heterocycles. The lowest BCUT2D eigenvalue weighted by molar-refractivity contribution is -0.138. The first kappa shape index (κ1) is 14.2. The lowest BCUT2D eigenvalue weighted by atomic mass is 9.79. The highest BCUT2D eigenvalue weighted by atomic mass is 16.4. The Morgan fingerprint density at radius 3 is 2.17 bits per heavy atom. The van der Waals surface area contributed by atoms with Crippen LogP contribution in [-0.4, -0.2) is 22.2 Å². The Morgan fingerprint density at radius 2 is 1.72 bits per heavy atom. The van der Waals surface area contributed by atoms with Crippen molar-refractivity contribution in [2.45, 2.75) is 39.5 Å². The molecule has 0 aliphatic carbocycles.